The van der Waals surface area contributed by atoms with E-state index in [1.165, 1.54) is 6.07 Å². The van der Waals surface area contributed by atoms with Crippen molar-refractivity contribution in [2.45, 2.75) is 19.8 Å². The van der Waals surface area contributed by atoms with Gasteiger partial charge in [-0.2, -0.15) is 0 Å². The lowest BCUT2D eigenvalue weighted by atomic mass is 10.1. The van der Waals surface area contributed by atoms with Crippen molar-refractivity contribution in [3.05, 3.63) is 29.3 Å². The number of hydrogen-bond acceptors (Lipinski definition) is 2. The molecule has 0 spiro atoms. The number of amides is 1. The fourth-order valence-corrected chi connectivity index (χ4v) is 1.99. The standard InChI is InChI=1S/C12H13NO3/c1-8-7-9(12(15)16)4-5-10(8)13-6-2-3-11(13)14/h4-5,7H,2-3,6H2,1H3,(H,15,16). The normalized spacial score (nSPS) is 15.6. The summed E-state index contributed by atoms with van der Waals surface area (Å²) in [6, 6.07) is 4.85. The van der Waals surface area contributed by atoms with Gasteiger partial charge in [-0.3, -0.25) is 4.79 Å². The number of carbonyl (C=O) groups excluding carboxylic acids is 1. The van der Waals surface area contributed by atoms with Crippen LogP contribution in [0.5, 0.6) is 0 Å². The number of benzene rings is 1. The third-order valence-electron chi connectivity index (χ3n) is 2.81. The highest BCUT2D eigenvalue weighted by molar-refractivity contribution is 5.97. The molecule has 1 aromatic rings. The van der Waals surface area contributed by atoms with E-state index in [-0.39, 0.29) is 11.5 Å². The van der Waals surface area contributed by atoms with Gasteiger partial charge in [-0.25, -0.2) is 4.79 Å². The molecular formula is C12H13NO3. The van der Waals surface area contributed by atoms with Crippen molar-refractivity contribution < 1.29 is 14.7 Å². The van der Waals surface area contributed by atoms with E-state index in [1.807, 2.05) is 6.92 Å². The predicted octanol–water partition coefficient (Wildman–Crippen LogP) is 1.82. The van der Waals surface area contributed by atoms with E-state index in [0.717, 1.165) is 24.2 Å². The summed E-state index contributed by atoms with van der Waals surface area (Å²) in [6.45, 7) is 2.56. The van der Waals surface area contributed by atoms with Gasteiger partial charge in [0.2, 0.25) is 5.91 Å². The van der Waals surface area contributed by atoms with E-state index in [9.17, 15) is 9.59 Å². The lowest BCUT2D eigenvalue weighted by Crippen LogP contribution is -2.24. The second-order valence-corrected chi connectivity index (χ2v) is 3.96. The Labute approximate surface area is 93.5 Å². The molecule has 0 bridgehead atoms. The van der Waals surface area contributed by atoms with Gasteiger partial charge in [0.1, 0.15) is 0 Å². The summed E-state index contributed by atoms with van der Waals surface area (Å²) in [7, 11) is 0. The Morgan fingerprint density at radius 1 is 1.44 bits per heavy atom. The van der Waals surface area contributed by atoms with Gasteiger partial charge in [0.25, 0.3) is 0 Å². The lowest BCUT2D eigenvalue weighted by molar-refractivity contribution is -0.117. The minimum atomic E-state index is -0.942. The van der Waals surface area contributed by atoms with Crippen LogP contribution >= 0.6 is 0 Å². The zero-order valence-electron chi connectivity index (χ0n) is 9.06. The van der Waals surface area contributed by atoms with Crippen LogP contribution in [-0.2, 0) is 4.79 Å². The van der Waals surface area contributed by atoms with Crippen molar-refractivity contribution in [1.29, 1.82) is 0 Å². The number of carboxylic acid groups (broad SMARTS) is 1. The Hall–Kier alpha value is -1.84. The second-order valence-electron chi connectivity index (χ2n) is 3.96. The van der Waals surface area contributed by atoms with Crippen LogP contribution in [0, 0.1) is 6.92 Å². The topological polar surface area (TPSA) is 57.6 Å². The average Bonchev–Trinajstić information content (AvgIpc) is 2.64. The third-order valence-corrected chi connectivity index (χ3v) is 2.81. The van der Waals surface area contributed by atoms with Crippen LogP contribution in [0.25, 0.3) is 0 Å². The highest BCUT2D eigenvalue weighted by Gasteiger charge is 2.23. The molecule has 0 unspecified atom stereocenters. The minimum Gasteiger partial charge on any atom is -0.478 e. The predicted molar refractivity (Wildman–Crippen MR) is 59.7 cm³/mol. The quantitative estimate of drug-likeness (QED) is 0.825. The minimum absolute atomic E-state index is 0.117. The molecule has 4 nitrogen and oxygen atoms in total. The number of anilines is 1. The third kappa shape index (κ3) is 1.78. The van der Waals surface area contributed by atoms with Crippen LogP contribution in [0.2, 0.25) is 0 Å². The van der Waals surface area contributed by atoms with E-state index in [4.69, 9.17) is 5.11 Å². The number of carbonyl (C=O) groups is 2. The van der Waals surface area contributed by atoms with E-state index < -0.39 is 5.97 Å². The average molecular weight is 219 g/mol. The first-order valence-corrected chi connectivity index (χ1v) is 5.24. The van der Waals surface area contributed by atoms with Crippen molar-refractivity contribution in [1.82, 2.24) is 0 Å². The molecule has 0 aliphatic carbocycles. The van der Waals surface area contributed by atoms with Crippen LogP contribution in [0.4, 0.5) is 5.69 Å². The summed E-state index contributed by atoms with van der Waals surface area (Å²) in [6.07, 6.45) is 1.46. The monoisotopic (exact) mass is 219 g/mol. The first kappa shape index (κ1) is 10.7. The second kappa shape index (κ2) is 3.96. The van der Waals surface area contributed by atoms with Gasteiger partial charge in [-0.05, 0) is 37.1 Å². The van der Waals surface area contributed by atoms with Crippen molar-refractivity contribution >= 4 is 17.6 Å². The molecule has 0 atom stereocenters. The maximum Gasteiger partial charge on any atom is 0.335 e. The van der Waals surface area contributed by atoms with Crippen LogP contribution in [0.3, 0.4) is 0 Å². The van der Waals surface area contributed by atoms with Crippen LogP contribution in [0.1, 0.15) is 28.8 Å². The number of aromatic carboxylic acids is 1. The summed E-state index contributed by atoms with van der Waals surface area (Å²) in [5, 5.41) is 8.84. The Morgan fingerprint density at radius 3 is 2.69 bits per heavy atom. The number of rotatable bonds is 2. The molecule has 4 heteroatoms. The Morgan fingerprint density at radius 2 is 2.19 bits per heavy atom. The molecule has 0 saturated carbocycles. The summed E-state index contributed by atoms with van der Waals surface area (Å²) in [5.74, 6) is -0.825. The van der Waals surface area contributed by atoms with Crippen LogP contribution in [0.15, 0.2) is 18.2 Å². The first-order valence-electron chi connectivity index (χ1n) is 5.24. The summed E-state index contributed by atoms with van der Waals surface area (Å²) >= 11 is 0. The van der Waals surface area contributed by atoms with E-state index in [1.54, 1.807) is 17.0 Å². The lowest BCUT2D eigenvalue weighted by Gasteiger charge is -2.18. The molecule has 2 rings (SSSR count). The summed E-state index contributed by atoms with van der Waals surface area (Å²) in [4.78, 5) is 24.0. The molecule has 0 aromatic heterocycles. The van der Waals surface area contributed by atoms with Gasteiger partial charge in [0.15, 0.2) is 0 Å². The van der Waals surface area contributed by atoms with Crippen molar-refractivity contribution in [3.63, 3.8) is 0 Å². The summed E-state index contributed by atoms with van der Waals surface area (Å²) < 4.78 is 0. The highest BCUT2D eigenvalue weighted by atomic mass is 16.4. The van der Waals surface area contributed by atoms with Gasteiger partial charge < -0.3 is 10.0 Å². The molecule has 1 aliphatic rings. The molecule has 1 saturated heterocycles. The Kier molecular flexibility index (Phi) is 2.64. The van der Waals surface area contributed by atoms with Gasteiger partial charge in [-0.15, -0.1) is 0 Å². The SMILES string of the molecule is Cc1cc(C(=O)O)ccc1N1CCCC1=O. The molecule has 84 valence electrons. The van der Waals surface area contributed by atoms with E-state index in [0.29, 0.717) is 6.42 Å². The molecule has 0 radical (unpaired) electrons. The molecule has 1 aromatic carbocycles. The van der Waals surface area contributed by atoms with Gasteiger partial charge in [0.05, 0.1) is 5.56 Å². The Balaban J connectivity index is 2.36. The van der Waals surface area contributed by atoms with E-state index in [2.05, 4.69) is 0 Å². The maximum atomic E-state index is 11.6. The molecule has 1 aliphatic heterocycles. The number of aryl methyl sites for hydroxylation is 1. The molecule has 1 N–H and O–H groups in total. The van der Waals surface area contributed by atoms with Gasteiger partial charge in [0, 0.05) is 18.7 Å². The number of hydrogen-bond donors (Lipinski definition) is 1. The highest BCUT2D eigenvalue weighted by Crippen LogP contribution is 2.25. The van der Waals surface area contributed by atoms with Crippen LogP contribution < -0.4 is 4.90 Å². The molecule has 16 heavy (non-hydrogen) atoms. The zero-order chi connectivity index (χ0) is 11.7. The molecule has 1 heterocycles. The molecular weight excluding hydrogens is 206 g/mol. The fourth-order valence-electron chi connectivity index (χ4n) is 1.99. The molecule has 1 fully saturated rings. The first-order chi connectivity index (χ1) is 7.59. The Bertz CT molecular complexity index is 454. The fraction of sp³-hybridized carbons (Fsp3) is 0.333. The zero-order valence-corrected chi connectivity index (χ0v) is 9.06. The van der Waals surface area contributed by atoms with Crippen LogP contribution in [-0.4, -0.2) is 23.5 Å². The smallest absolute Gasteiger partial charge is 0.335 e. The largest absolute Gasteiger partial charge is 0.478 e. The number of carboxylic acids is 1. The van der Waals surface area contributed by atoms with Crippen molar-refractivity contribution in [2.24, 2.45) is 0 Å². The van der Waals surface area contributed by atoms with Crippen molar-refractivity contribution in [3.8, 4) is 0 Å². The maximum absolute atomic E-state index is 11.6. The van der Waals surface area contributed by atoms with Crippen molar-refractivity contribution in [2.75, 3.05) is 11.4 Å². The van der Waals surface area contributed by atoms with Gasteiger partial charge in [-0.1, -0.05) is 0 Å². The van der Waals surface area contributed by atoms with E-state index >= 15 is 0 Å². The molecule has 1 amide bonds. The summed E-state index contributed by atoms with van der Waals surface area (Å²) in [5.41, 5.74) is 1.91. The number of nitrogens with zero attached hydrogens (tertiary/aromatic N) is 1. The van der Waals surface area contributed by atoms with Gasteiger partial charge >= 0.3 is 5.97 Å².